The molecule has 1 N–H and O–H groups in total. The monoisotopic (exact) mass is 430 g/mol. The molecule has 0 spiro atoms. The second kappa shape index (κ2) is 8.18. The Morgan fingerprint density at radius 2 is 1.94 bits per heavy atom. The molecule has 1 saturated heterocycles. The van der Waals surface area contributed by atoms with Crippen LogP contribution in [0.1, 0.15) is 46.7 Å². The zero-order valence-corrected chi connectivity index (χ0v) is 18.3. The first kappa shape index (κ1) is 20.4. The zero-order valence-electron chi connectivity index (χ0n) is 18.3. The molecule has 0 aliphatic carbocycles. The van der Waals surface area contributed by atoms with E-state index in [0.29, 0.717) is 31.7 Å². The molecule has 1 atom stereocenters. The zero-order chi connectivity index (χ0) is 22.2. The van der Waals surface area contributed by atoms with Crippen LogP contribution >= 0.6 is 0 Å². The second-order valence-electron chi connectivity index (χ2n) is 8.41. The SMILES string of the molecule is CNc1nc(C2CCN(C(=O)c3cccc4cccnc34)C2)nc2c1CCN(C(C)=O)C2. The average Bonchev–Trinajstić information content (AvgIpc) is 3.32. The average molecular weight is 431 g/mol. The van der Waals surface area contributed by atoms with Gasteiger partial charge in [-0.25, -0.2) is 9.97 Å². The van der Waals surface area contributed by atoms with Crippen LogP contribution in [0.2, 0.25) is 0 Å². The third-order valence-electron chi connectivity index (χ3n) is 6.47. The van der Waals surface area contributed by atoms with Gasteiger partial charge in [0, 0.05) is 56.7 Å². The van der Waals surface area contributed by atoms with E-state index >= 15 is 0 Å². The van der Waals surface area contributed by atoms with E-state index in [-0.39, 0.29) is 17.7 Å². The molecule has 1 unspecified atom stereocenters. The van der Waals surface area contributed by atoms with Crippen molar-refractivity contribution in [2.45, 2.75) is 32.2 Å². The molecule has 2 aromatic heterocycles. The number of carbonyl (C=O) groups is 2. The highest BCUT2D eigenvalue weighted by Crippen LogP contribution is 2.31. The van der Waals surface area contributed by atoms with Crippen molar-refractivity contribution in [1.82, 2.24) is 24.8 Å². The number of pyridine rings is 1. The fourth-order valence-electron chi connectivity index (χ4n) is 4.71. The van der Waals surface area contributed by atoms with Crippen LogP contribution < -0.4 is 5.32 Å². The number of nitrogens with zero attached hydrogens (tertiary/aromatic N) is 5. The molecule has 32 heavy (non-hydrogen) atoms. The van der Waals surface area contributed by atoms with Crippen molar-refractivity contribution < 1.29 is 9.59 Å². The third-order valence-corrected chi connectivity index (χ3v) is 6.47. The molecule has 4 heterocycles. The van der Waals surface area contributed by atoms with Crippen molar-refractivity contribution in [3.05, 3.63) is 59.2 Å². The highest BCUT2D eigenvalue weighted by Gasteiger charge is 2.32. The fourth-order valence-corrected chi connectivity index (χ4v) is 4.71. The van der Waals surface area contributed by atoms with Gasteiger partial charge in [-0.1, -0.05) is 18.2 Å². The molecule has 3 aromatic rings. The number of carbonyl (C=O) groups excluding carboxylic acids is 2. The van der Waals surface area contributed by atoms with Crippen LogP contribution in [0.4, 0.5) is 5.82 Å². The van der Waals surface area contributed by atoms with Crippen molar-refractivity contribution in [2.24, 2.45) is 0 Å². The van der Waals surface area contributed by atoms with Crippen LogP contribution in [0, 0.1) is 0 Å². The van der Waals surface area contributed by atoms with E-state index < -0.39 is 0 Å². The van der Waals surface area contributed by atoms with E-state index in [2.05, 4.69) is 10.3 Å². The van der Waals surface area contributed by atoms with E-state index in [1.165, 1.54) is 0 Å². The minimum absolute atomic E-state index is 0.00800. The summed E-state index contributed by atoms with van der Waals surface area (Å²) in [6.45, 7) is 4.01. The number of aromatic nitrogens is 3. The molecular formula is C24H26N6O2. The Kier molecular flexibility index (Phi) is 5.20. The van der Waals surface area contributed by atoms with Gasteiger partial charge in [0.1, 0.15) is 11.6 Å². The van der Waals surface area contributed by atoms with Crippen LogP contribution in [-0.4, -0.2) is 63.2 Å². The Balaban J connectivity index is 1.40. The van der Waals surface area contributed by atoms with Gasteiger partial charge in [0.25, 0.3) is 5.91 Å². The first-order chi connectivity index (χ1) is 15.5. The van der Waals surface area contributed by atoms with Gasteiger partial charge >= 0.3 is 0 Å². The number of para-hydroxylation sites is 1. The molecule has 1 fully saturated rings. The minimum atomic E-state index is -0.00800. The fraction of sp³-hybridized carbons (Fsp3) is 0.375. The summed E-state index contributed by atoms with van der Waals surface area (Å²) in [6.07, 6.45) is 3.27. The molecule has 8 nitrogen and oxygen atoms in total. The molecule has 8 heteroatoms. The maximum absolute atomic E-state index is 13.3. The smallest absolute Gasteiger partial charge is 0.256 e. The standard InChI is InChI=1S/C24H26N6O2/c1-15(31)29-12-9-18-20(14-29)27-22(28-23(18)25-2)17-8-11-30(13-17)24(32)19-7-3-5-16-6-4-10-26-21(16)19/h3-7,10,17H,8-9,11-14H2,1-2H3,(H,25,27,28). The number of hydrogen-bond acceptors (Lipinski definition) is 6. The van der Waals surface area contributed by atoms with Crippen LogP contribution in [0.5, 0.6) is 0 Å². The number of amides is 2. The number of anilines is 1. The highest BCUT2D eigenvalue weighted by atomic mass is 16.2. The minimum Gasteiger partial charge on any atom is -0.373 e. The van der Waals surface area contributed by atoms with Gasteiger partial charge in [0.15, 0.2) is 0 Å². The summed E-state index contributed by atoms with van der Waals surface area (Å²) in [5.41, 5.74) is 3.35. The van der Waals surface area contributed by atoms with Gasteiger partial charge in [-0.3, -0.25) is 14.6 Å². The van der Waals surface area contributed by atoms with Crippen molar-refractivity contribution >= 4 is 28.5 Å². The van der Waals surface area contributed by atoms with Crippen molar-refractivity contribution in [3.8, 4) is 0 Å². The van der Waals surface area contributed by atoms with Gasteiger partial charge in [-0.2, -0.15) is 0 Å². The largest absolute Gasteiger partial charge is 0.373 e. The molecule has 5 rings (SSSR count). The predicted molar refractivity (Wildman–Crippen MR) is 121 cm³/mol. The van der Waals surface area contributed by atoms with Crippen molar-refractivity contribution in [3.63, 3.8) is 0 Å². The van der Waals surface area contributed by atoms with Crippen LogP contribution in [0.15, 0.2) is 36.5 Å². The van der Waals surface area contributed by atoms with Crippen LogP contribution in [-0.2, 0) is 17.8 Å². The van der Waals surface area contributed by atoms with Gasteiger partial charge in [0.2, 0.25) is 5.91 Å². The van der Waals surface area contributed by atoms with E-state index in [1.807, 2.05) is 47.2 Å². The Morgan fingerprint density at radius 3 is 2.75 bits per heavy atom. The number of nitrogens with one attached hydrogen (secondary N) is 1. The lowest BCUT2D eigenvalue weighted by atomic mass is 10.0. The summed E-state index contributed by atoms with van der Waals surface area (Å²) < 4.78 is 0. The maximum atomic E-state index is 13.3. The Bertz CT molecular complexity index is 1210. The summed E-state index contributed by atoms with van der Waals surface area (Å²) in [5.74, 6) is 1.68. The molecule has 0 bridgehead atoms. The lowest BCUT2D eigenvalue weighted by Gasteiger charge is -2.29. The summed E-state index contributed by atoms with van der Waals surface area (Å²) in [4.78, 5) is 42.9. The van der Waals surface area contributed by atoms with E-state index in [1.54, 1.807) is 13.1 Å². The van der Waals surface area contributed by atoms with E-state index in [4.69, 9.17) is 9.97 Å². The third kappa shape index (κ3) is 3.55. The first-order valence-electron chi connectivity index (χ1n) is 11.0. The van der Waals surface area contributed by atoms with Crippen molar-refractivity contribution in [2.75, 3.05) is 32.0 Å². The van der Waals surface area contributed by atoms with Gasteiger partial charge in [-0.05, 0) is 25.0 Å². The number of likely N-dealkylation sites (tertiary alicyclic amines) is 1. The number of benzene rings is 1. The van der Waals surface area contributed by atoms with Gasteiger partial charge < -0.3 is 15.1 Å². The maximum Gasteiger partial charge on any atom is 0.256 e. The molecule has 2 aliphatic rings. The first-order valence-corrected chi connectivity index (χ1v) is 11.0. The molecular weight excluding hydrogens is 404 g/mol. The van der Waals surface area contributed by atoms with E-state index in [0.717, 1.165) is 46.6 Å². The molecule has 1 aromatic carbocycles. The highest BCUT2D eigenvalue weighted by molar-refractivity contribution is 6.05. The summed E-state index contributed by atoms with van der Waals surface area (Å²) in [5, 5.41) is 4.16. The molecule has 2 aliphatic heterocycles. The lowest BCUT2D eigenvalue weighted by Crippen LogP contribution is -2.35. The second-order valence-corrected chi connectivity index (χ2v) is 8.41. The lowest BCUT2D eigenvalue weighted by molar-refractivity contribution is -0.129. The summed E-state index contributed by atoms with van der Waals surface area (Å²) in [6, 6.07) is 9.56. The molecule has 0 radical (unpaired) electrons. The van der Waals surface area contributed by atoms with Gasteiger partial charge in [0.05, 0.1) is 23.3 Å². The molecule has 164 valence electrons. The van der Waals surface area contributed by atoms with Crippen molar-refractivity contribution in [1.29, 1.82) is 0 Å². The number of rotatable bonds is 3. The summed E-state index contributed by atoms with van der Waals surface area (Å²) in [7, 11) is 1.86. The quantitative estimate of drug-likeness (QED) is 0.687. The number of hydrogen-bond donors (Lipinski definition) is 1. The van der Waals surface area contributed by atoms with Crippen LogP contribution in [0.3, 0.4) is 0 Å². The summed E-state index contributed by atoms with van der Waals surface area (Å²) >= 11 is 0. The molecule has 2 amide bonds. The Hall–Kier alpha value is -3.55. The predicted octanol–water partition coefficient (Wildman–Crippen LogP) is 2.60. The van der Waals surface area contributed by atoms with Crippen LogP contribution in [0.25, 0.3) is 10.9 Å². The Labute approximate surface area is 186 Å². The van der Waals surface area contributed by atoms with E-state index in [9.17, 15) is 9.59 Å². The van der Waals surface area contributed by atoms with Gasteiger partial charge in [-0.15, -0.1) is 0 Å². The topological polar surface area (TPSA) is 91.3 Å². The normalized spacial score (nSPS) is 18.0. The number of fused-ring (bicyclic) bond motifs is 2. The molecule has 0 saturated carbocycles. The Morgan fingerprint density at radius 1 is 1.09 bits per heavy atom.